The van der Waals surface area contributed by atoms with E-state index in [9.17, 15) is 14.4 Å². The summed E-state index contributed by atoms with van der Waals surface area (Å²) in [6.07, 6.45) is 0. The van der Waals surface area contributed by atoms with Crippen LogP contribution in [0.3, 0.4) is 0 Å². The quantitative estimate of drug-likeness (QED) is 0.832. The first kappa shape index (κ1) is 17.8. The molecular formula is C20H21N3O3. The molecule has 0 bridgehead atoms. The van der Waals surface area contributed by atoms with Crippen molar-refractivity contribution in [2.75, 3.05) is 10.2 Å². The van der Waals surface area contributed by atoms with Gasteiger partial charge in [0.15, 0.2) is 0 Å². The number of benzene rings is 2. The summed E-state index contributed by atoms with van der Waals surface area (Å²) in [7, 11) is 0. The fraction of sp³-hybridized carbons (Fsp3) is 0.250. The minimum absolute atomic E-state index is 0.322. The first-order valence-electron chi connectivity index (χ1n) is 8.34. The number of anilines is 2. The number of fused-ring (bicyclic) bond motifs is 1. The number of nitrogens with zero attached hydrogens (tertiary/aromatic N) is 1. The van der Waals surface area contributed by atoms with E-state index in [1.165, 1.54) is 0 Å². The van der Waals surface area contributed by atoms with Crippen LogP contribution in [0, 0.1) is 5.41 Å². The van der Waals surface area contributed by atoms with Gasteiger partial charge in [-0.1, -0.05) is 39.0 Å². The van der Waals surface area contributed by atoms with E-state index in [1.807, 2.05) is 20.8 Å². The minimum atomic E-state index is -0.689. The van der Waals surface area contributed by atoms with Crippen LogP contribution in [0.15, 0.2) is 48.5 Å². The van der Waals surface area contributed by atoms with Gasteiger partial charge in [-0.3, -0.25) is 14.4 Å². The van der Waals surface area contributed by atoms with Crippen molar-refractivity contribution in [1.82, 2.24) is 0 Å². The number of nitrogens with one attached hydrogen (secondary N) is 1. The molecule has 0 saturated heterocycles. The molecule has 3 amide bonds. The Morgan fingerprint density at radius 1 is 1.00 bits per heavy atom. The van der Waals surface area contributed by atoms with Crippen LogP contribution in [0.4, 0.5) is 11.4 Å². The zero-order chi connectivity index (χ0) is 19.1. The van der Waals surface area contributed by atoms with Gasteiger partial charge < -0.3 is 11.1 Å². The molecule has 0 radical (unpaired) electrons. The number of hydrogen-bond acceptors (Lipinski definition) is 4. The highest BCUT2D eigenvalue weighted by atomic mass is 16.2. The summed E-state index contributed by atoms with van der Waals surface area (Å²) in [5, 5.41) is 2.75. The zero-order valence-electron chi connectivity index (χ0n) is 14.9. The number of hydrogen-bond donors (Lipinski definition) is 2. The number of carbonyl (C=O) groups is 3. The standard InChI is InChI=1S/C20H21N3O3/c1-20(2,3)16(21)17(24)22-12-7-6-8-13(11-12)23-18(25)14-9-4-5-10-15(14)19(23)26/h4-11,16H,21H2,1-3H3,(H,22,24)/t16-/m1/s1. The first-order valence-corrected chi connectivity index (χ1v) is 8.34. The Kier molecular flexibility index (Phi) is 4.38. The maximum atomic E-state index is 12.6. The third-order valence-corrected chi connectivity index (χ3v) is 4.38. The van der Waals surface area contributed by atoms with Crippen LogP contribution in [0.5, 0.6) is 0 Å². The van der Waals surface area contributed by atoms with E-state index in [2.05, 4.69) is 5.32 Å². The fourth-order valence-corrected chi connectivity index (χ4v) is 2.76. The van der Waals surface area contributed by atoms with Gasteiger partial charge >= 0.3 is 0 Å². The van der Waals surface area contributed by atoms with Crippen molar-refractivity contribution < 1.29 is 14.4 Å². The van der Waals surface area contributed by atoms with Gasteiger partial charge in [-0.15, -0.1) is 0 Å². The molecule has 2 aromatic rings. The van der Waals surface area contributed by atoms with Gasteiger partial charge in [0, 0.05) is 5.69 Å². The van der Waals surface area contributed by atoms with Crippen molar-refractivity contribution in [2.45, 2.75) is 26.8 Å². The lowest BCUT2D eigenvalue weighted by atomic mass is 9.87. The van der Waals surface area contributed by atoms with Crippen LogP contribution in [-0.4, -0.2) is 23.8 Å². The van der Waals surface area contributed by atoms with E-state index in [0.717, 1.165) is 4.90 Å². The molecule has 2 aromatic carbocycles. The molecule has 1 aliphatic rings. The Morgan fingerprint density at radius 2 is 1.58 bits per heavy atom. The Balaban J connectivity index is 1.86. The van der Waals surface area contributed by atoms with Crippen molar-refractivity contribution in [3.05, 3.63) is 59.7 Å². The molecule has 0 aromatic heterocycles. The van der Waals surface area contributed by atoms with Gasteiger partial charge in [-0.2, -0.15) is 0 Å². The summed E-state index contributed by atoms with van der Waals surface area (Å²) >= 11 is 0. The molecular weight excluding hydrogens is 330 g/mol. The Bertz CT molecular complexity index is 864. The summed E-state index contributed by atoms with van der Waals surface area (Å²) < 4.78 is 0. The van der Waals surface area contributed by atoms with Crippen molar-refractivity contribution in [3.63, 3.8) is 0 Å². The zero-order valence-corrected chi connectivity index (χ0v) is 14.9. The minimum Gasteiger partial charge on any atom is -0.325 e. The van der Waals surface area contributed by atoms with Crippen LogP contribution in [0.25, 0.3) is 0 Å². The monoisotopic (exact) mass is 351 g/mol. The van der Waals surface area contributed by atoms with Crippen molar-refractivity contribution >= 4 is 29.1 Å². The second kappa shape index (κ2) is 6.38. The Morgan fingerprint density at radius 3 is 2.12 bits per heavy atom. The van der Waals surface area contributed by atoms with E-state index in [-0.39, 0.29) is 23.1 Å². The van der Waals surface area contributed by atoms with Crippen LogP contribution in [-0.2, 0) is 4.79 Å². The second-order valence-corrected chi connectivity index (χ2v) is 7.37. The van der Waals surface area contributed by atoms with Crippen LogP contribution < -0.4 is 16.0 Å². The van der Waals surface area contributed by atoms with Gasteiger partial charge in [0.25, 0.3) is 11.8 Å². The highest BCUT2D eigenvalue weighted by Gasteiger charge is 2.36. The van der Waals surface area contributed by atoms with Gasteiger partial charge in [0.05, 0.1) is 22.9 Å². The van der Waals surface area contributed by atoms with E-state index in [0.29, 0.717) is 22.5 Å². The molecule has 0 aliphatic carbocycles. The maximum absolute atomic E-state index is 12.6. The van der Waals surface area contributed by atoms with Crippen LogP contribution in [0.2, 0.25) is 0 Å². The predicted octanol–water partition coefficient (Wildman–Crippen LogP) is 2.80. The van der Waals surface area contributed by atoms with Crippen LogP contribution >= 0.6 is 0 Å². The molecule has 134 valence electrons. The Hall–Kier alpha value is -2.99. The second-order valence-electron chi connectivity index (χ2n) is 7.37. The van der Waals surface area contributed by atoms with Crippen molar-refractivity contribution in [2.24, 2.45) is 11.1 Å². The summed E-state index contributed by atoms with van der Waals surface area (Å²) in [4.78, 5) is 38.6. The lowest BCUT2D eigenvalue weighted by molar-refractivity contribution is -0.119. The van der Waals surface area contributed by atoms with E-state index in [1.54, 1.807) is 48.5 Å². The summed E-state index contributed by atoms with van der Waals surface area (Å²) in [5.74, 6) is -1.07. The molecule has 6 heteroatoms. The normalized spacial score (nSPS) is 15.0. The topological polar surface area (TPSA) is 92.5 Å². The molecule has 26 heavy (non-hydrogen) atoms. The average molecular weight is 351 g/mol. The van der Waals surface area contributed by atoms with Gasteiger partial charge in [0.2, 0.25) is 5.91 Å². The highest BCUT2D eigenvalue weighted by Crippen LogP contribution is 2.30. The number of nitrogens with two attached hydrogens (primary N) is 1. The van der Waals surface area contributed by atoms with E-state index >= 15 is 0 Å². The Labute approximate surface area is 152 Å². The first-order chi connectivity index (χ1) is 12.2. The van der Waals surface area contributed by atoms with Gasteiger partial charge in [-0.05, 0) is 35.7 Å². The third-order valence-electron chi connectivity index (χ3n) is 4.38. The molecule has 1 atom stereocenters. The smallest absolute Gasteiger partial charge is 0.266 e. The largest absolute Gasteiger partial charge is 0.325 e. The molecule has 3 N–H and O–H groups in total. The van der Waals surface area contributed by atoms with E-state index < -0.39 is 6.04 Å². The maximum Gasteiger partial charge on any atom is 0.266 e. The average Bonchev–Trinajstić information content (AvgIpc) is 2.85. The number of imide groups is 1. The summed E-state index contributed by atoms with van der Waals surface area (Å²) in [5.41, 5.74) is 7.22. The molecule has 1 aliphatic heterocycles. The fourth-order valence-electron chi connectivity index (χ4n) is 2.76. The molecule has 0 saturated carbocycles. The SMILES string of the molecule is CC(C)(C)[C@H](N)C(=O)Nc1cccc(N2C(=O)c3ccccc3C2=O)c1. The number of amides is 3. The van der Waals surface area contributed by atoms with Crippen molar-refractivity contribution in [3.8, 4) is 0 Å². The number of rotatable bonds is 3. The summed E-state index contributed by atoms with van der Waals surface area (Å²) in [6.45, 7) is 5.64. The molecule has 3 rings (SSSR count). The molecule has 0 spiro atoms. The van der Waals surface area contributed by atoms with Crippen molar-refractivity contribution in [1.29, 1.82) is 0 Å². The molecule has 0 fully saturated rings. The van der Waals surface area contributed by atoms with Gasteiger partial charge in [-0.25, -0.2) is 4.90 Å². The lowest BCUT2D eigenvalue weighted by Gasteiger charge is -2.26. The third kappa shape index (κ3) is 3.11. The molecule has 1 heterocycles. The lowest BCUT2D eigenvalue weighted by Crippen LogP contribution is -2.45. The predicted molar refractivity (Wildman–Crippen MR) is 100 cm³/mol. The number of carbonyl (C=O) groups excluding carboxylic acids is 3. The molecule has 6 nitrogen and oxygen atoms in total. The highest BCUT2D eigenvalue weighted by molar-refractivity contribution is 6.34. The van der Waals surface area contributed by atoms with Crippen LogP contribution in [0.1, 0.15) is 41.5 Å². The van der Waals surface area contributed by atoms with Gasteiger partial charge in [0.1, 0.15) is 0 Å². The van der Waals surface area contributed by atoms with E-state index in [4.69, 9.17) is 5.73 Å². The summed E-state index contributed by atoms with van der Waals surface area (Å²) in [6, 6.07) is 12.6. The molecule has 0 unspecified atom stereocenters.